The third kappa shape index (κ3) is 6.32. The zero-order chi connectivity index (χ0) is 18.2. The number of carbonyl (C=O) groups is 2. The van der Waals surface area contributed by atoms with Crippen LogP contribution in [0.25, 0.3) is 0 Å². The lowest BCUT2D eigenvalue weighted by atomic mass is 10.1. The van der Waals surface area contributed by atoms with Crippen LogP contribution in [-0.4, -0.2) is 39.0 Å². The number of hydrogen-bond donors (Lipinski definition) is 3. The highest BCUT2D eigenvalue weighted by Gasteiger charge is 2.22. The minimum Gasteiger partial charge on any atom is -0.481 e. The van der Waals surface area contributed by atoms with E-state index < -0.39 is 16.0 Å². The molecule has 0 unspecified atom stereocenters. The van der Waals surface area contributed by atoms with E-state index in [0.29, 0.717) is 13.0 Å². The first-order chi connectivity index (χ1) is 11.3. The second-order valence-electron chi connectivity index (χ2n) is 5.41. The van der Waals surface area contributed by atoms with Crippen LogP contribution in [0.4, 0.5) is 0 Å². The summed E-state index contributed by atoms with van der Waals surface area (Å²) in [5.41, 5.74) is 0.199. The Kier molecular flexibility index (Phi) is 7.93. The average molecular weight is 360 g/mol. The molecule has 3 N–H and O–H groups in total. The van der Waals surface area contributed by atoms with Crippen molar-refractivity contribution in [2.75, 3.05) is 13.6 Å². The third-order valence-corrected chi connectivity index (χ3v) is 4.79. The number of nitrogens with one attached hydrogen (secondary N) is 2. The van der Waals surface area contributed by atoms with Gasteiger partial charge in [-0.1, -0.05) is 19.3 Å². The van der Waals surface area contributed by atoms with Gasteiger partial charge in [-0.25, -0.2) is 13.1 Å². The molecule has 1 amide bonds. The van der Waals surface area contributed by atoms with Crippen LogP contribution < -0.4 is 10.0 Å². The number of carboxylic acids is 1. The molecule has 0 aliphatic carbocycles. The highest BCUT2D eigenvalue weighted by molar-refractivity contribution is 7.89. The lowest BCUT2D eigenvalue weighted by molar-refractivity contribution is -0.137. The fraction of sp³-hybridized carbons (Fsp3) is 0.600. The van der Waals surface area contributed by atoms with Gasteiger partial charge in [0, 0.05) is 19.0 Å². The van der Waals surface area contributed by atoms with Crippen LogP contribution in [0.5, 0.6) is 0 Å². The van der Waals surface area contributed by atoms with E-state index in [9.17, 15) is 18.0 Å². The summed E-state index contributed by atoms with van der Waals surface area (Å²) in [6.07, 6.45) is 4.29. The van der Waals surface area contributed by atoms with Crippen LogP contribution in [0, 0.1) is 6.92 Å². The Hall–Kier alpha value is -1.87. The van der Waals surface area contributed by atoms with E-state index in [1.54, 1.807) is 0 Å². The maximum Gasteiger partial charge on any atom is 0.303 e. The average Bonchev–Trinajstić information content (AvgIpc) is 2.92. The first-order valence-corrected chi connectivity index (χ1v) is 9.30. The number of amides is 1. The third-order valence-electron chi connectivity index (χ3n) is 3.53. The van der Waals surface area contributed by atoms with Gasteiger partial charge in [-0.3, -0.25) is 9.59 Å². The van der Waals surface area contributed by atoms with Gasteiger partial charge in [0.25, 0.3) is 15.9 Å². The Labute approximate surface area is 141 Å². The molecular weight excluding hydrogens is 336 g/mol. The van der Waals surface area contributed by atoms with Gasteiger partial charge >= 0.3 is 5.97 Å². The number of hydrogen-bond acceptors (Lipinski definition) is 5. The molecule has 8 nitrogen and oxygen atoms in total. The molecule has 1 heterocycles. The number of carbonyl (C=O) groups excluding carboxylic acids is 1. The van der Waals surface area contributed by atoms with E-state index in [1.807, 2.05) is 0 Å². The van der Waals surface area contributed by atoms with Crippen LogP contribution in [0.2, 0.25) is 0 Å². The SMILES string of the molecule is CNS(=O)(=O)c1cc(C(=O)NCCCCCCCC(=O)O)c(C)o1. The molecule has 0 bridgehead atoms. The molecule has 24 heavy (non-hydrogen) atoms. The van der Waals surface area contributed by atoms with Crippen molar-refractivity contribution in [1.82, 2.24) is 10.0 Å². The summed E-state index contributed by atoms with van der Waals surface area (Å²) in [5, 5.41) is 11.0. The molecule has 0 saturated carbocycles. The highest BCUT2D eigenvalue weighted by Crippen LogP contribution is 2.18. The van der Waals surface area contributed by atoms with E-state index in [0.717, 1.165) is 25.7 Å². The second-order valence-corrected chi connectivity index (χ2v) is 7.23. The van der Waals surface area contributed by atoms with Gasteiger partial charge in [-0.05, 0) is 26.8 Å². The number of carboxylic acid groups (broad SMARTS) is 1. The minimum atomic E-state index is -3.72. The van der Waals surface area contributed by atoms with Gasteiger partial charge in [0.1, 0.15) is 5.76 Å². The molecule has 1 aromatic rings. The van der Waals surface area contributed by atoms with Gasteiger partial charge in [0.15, 0.2) is 0 Å². The molecule has 0 spiro atoms. The standard InChI is InChI=1S/C15H24N2O6S/c1-11-12(10-14(23-11)24(21,22)16-2)15(20)17-9-7-5-3-4-6-8-13(18)19/h10,16H,3-9H2,1-2H3,(H,17,20)(H,18,19). The molecule has 0 atom stereocenters. The number of unbranched alkanes of at least 4 members (excludes halogenated alkanes) is 4. The number of rotatable bonds is 11. The van der Waals surface area contributed by atoms with Crippen LogP contribution >= 0.6 is 0 Å². The van der Waals surface area contributed by atoms with E-state index in [4.69, 9.17) is 9.52 Å². The quantitative estimate of drug-likeness (QED) is 0.515. The van der Waals surface area contributed by atoms with Crippen LogP contribution in [0.15, 0.2) is 15.6 Å². The Morgan fingerprint density at radius 2 is 1.79 bits per heavy atom. The predicted octanol–water partition coefficient (Wildman–Crippen LogP) is 1.65. The van der Waals surface area contributed by atoms with Gasteiger partial charge in [0.05, 0.1) is 5.56 Å². The molecule has 0 aliphatic heterocycles. The van der Waals surface area contributed by atoms with E-state index in [-0.39, 0.29) is 28.7 Å². The molecule has 9 heteroatoms. The lowest BCUT2D eigenvalue weighted by Gasteiger charge is -2.04. The van der Waals surface area contributed by atoms with Crippen LogP contribution in [0.3, 0.4) is 0 Å². The first kappa shape index (κ1) is 20.2. The first-order valence-electron chi connectivity index (χ1n) is 7.82. The zero-order valence-corrected chi connectivity index (χ0v) is 14.7. The molecule has 0 fully saturated rings. The maximum atomic E-state index is 12.1. The summed E-state index contributed by atoms with van der Waals surface area (Å²) >= 11 is 0. The zero-order valence-electron chi connectivity index (χ0n) is 13.9. The Morgan fingerprint density at radius 3 is 2.42 bits per heavy atom. The summed E-state index contributed by atoms with van der Waals surface area (Å²) in [6.45, 7) is 2.00. The molecule has 1 aromatic heterocycles. The van der Waals surface area contributed by atoms with E-state index in [2.05, 4.69) is 10.0 Å². The normalized spacial score (nSPS) is 11.4. The largest absolute Gasteiger partial charge is 0.481 e. The summed E-state index contributed by atoms with van der Waals surface area (Å²) in [7, 11) is -2.45. The topological polar surface area (TPSA) is 126 Å². The summed E-state index contributed by atoms with van der Waals surface area (Å²) in [5.74, 6) is -0.910. The Balaban J connectivity index is 2.35. The van der Waals surface area contributed by atoms with Gasteiger partial charge in [0.2, 0.25) is 5.09 Å². The molecular formula is C15H24N2O6S. The molecule has 0 radical (unpaired) electrons. The molecule has 0 aliphatic rings. The van der Waals surface area contributed by atoms with Crippen molar-refractivity contribution < 1.29 is 27.5 Å². The fourth-order valence-electron chi connectivity index (χ4n) is 2.14. The van der Waals surface area contributed by atoms with Crippen molar-refractivity contribution in [3.05, 3.63) is 17.4 Å². The Bertz CT molecular complexity index is 666. The highest BCUT2D eigenvalue weighted by atomic mass is 32.2. The summed E-state index contributed by atoms with van der Waals surface area (Å²) < 4.78 is 30.5. The Morgan fingerprint density at radius 1 is 1.17 bits per heavy atom. The molecule has 1 rings (SSSR count). The number of aliphatic carboxylic acids is 1. The van der Waals surface area contributed by atoms with E-state index >= 15 is 0 Å². The summed E-state index contributed by atoms with van der Waals surface area (Å²) in [6, 6.07) is 1.21. The number of aryl methyl sites for hydroxylation is 1. The summed E-state index contributed by atoms with van der Waals surface area (Å²) in [4.78, 5) is 22.4. The van der Waals surface area contributed by atoms with Gasteiger partial charge in [-0.15, -0.1) is 0 Å². The van der Waals surface area contributed by atoms with Crippen molar-refractivity contribution in [3.63, 3.8) is 0 Å². The van der Waals surface area contributed by atoms with Gasteiger partial charge in [-0.2, -0.15) is 0 Å². The van der Waals surface area contributed by atoms with Crippen molar-refractivity contribution in [2.45, 2.75) is 50.5 Å². The van der Waals surface area contributed by atoms with Crippen molar-refractivity contribution in [1.29, 1.82) is 0 Å². The van der Waals surface area contributed by atoms with Crippen LogP contribution in [-0.2, 0) is 14.8 Å². The monoisotopic (exact) mass is 360 g/mol. The van der Waals surface area contributed by atoms with E-state index in [1.165, 1.54) is 20.0 Å². The lowest BCUT2D eigenvalue weighted by Crippen LogP contribution is -2.24. The molecule has 136 valence electrons. The van der Waals surface area contributed by atoms with Crippen LogP contribution in [0.1, 0.15) is 54.6 Å². The maximum absolute atomic E-state index is 12.1. The number of sulfonamides is 1. The fourth-order valence-corrected chi connectivity index (χ4v) is 2.85. The smallest absolute Gasteiger partial charge is 0.303 e. The van der Waals surface area contributed by atoms with Crippen molar-refractivity contribution >= 4 is 21.9 Å². The van der Waals surface area contributed by atoms with Crippen molar-refractivity contribution in [2.24, 2.45) is 0 Å². The molecule has 0 aromatic carbocycles. The molecule has 0 saturated heterocycles. The van der Waals surface area contributed by atoms with Crippen molar-refractivity contribution in [3.8, 4) is 0 Å². The van der Waals surface area contributed by atoms with Gasteiger partial charge < -0.3 is 14.8 Å². The second kappa shape index (κ2) is 9.43. The minimum absolute atomic E-state index is 0.189. The predicted molar refractivity (Wildman–Crippen MR) is 87.4 cm³/mol. The number of furan rings is 1.